The molecular weight excluding hydrogens is 462 g/mol. The standard InChI is InChI=1S/C28H28ClN3OS/c1-4-31(5-2)27(33)25-19(3)32(24-17-15-23(29)16-18-24)28(34)30-26(25)22-13-11-21(12-14-22)20-9-7-6-8-10-20/h6-18,26H,4-5H2,1-3H3,(H,30,34)/t26-/m0/s1. The van der Waals surface area contributed by atoms with Gasteiger partial charge in [-0.15, -0.1) is 0 Å². The molecule has 0 radical (unpaired) electrons. The van der Waals surface area contributed by atoms with Crippen LogP contribution < -0.4 is 10.2 Å². The lowest BCUT2D eigenvalue weighted by Crippen LogP contribution is -2.50. The molecule has 1 amide bonds. The van der Waals surface area contributed by atoms with Crippen LogP contribution in [0.15, 0.2) is 90.1 Å². The highest BCUT2D eigenvalue weighted by Crippen LogP contribution is 2.35. The van der Waals surface area contributed by atoms with Gasteiger partial charge in [0.15, 0.2) is 5.11 Å². The summed E-state index contributed by atoms with van der Waals surface area (Å²) in [6.07, 6.45) is 0. The number of anilines is 1. The van der Waals surface area contributed by atoms with E-state index in [0.717, 1.165) is 28.1 Å². The second kappa shape index (κ2) is 10.4. The van der Waals surface area contributed by atoms with E-state index in [-0.39, 0.29) is 11.9 Å². The van der Waals surface area contributed by atoms with Gasteiger partial charge in [-0.2, -0.15) is 0 Å². The van der Waals surface area contributed by atoms with Gasteiger partial charge in [-0.05, 0) is 73.9 Å². The molecule has 34 heavy (non-hydrogen) atoms. The second-order valence-electron chi connectivity index (χ2n) is 8.16. The maximum Gasteiger partial charge on any atom is 0.253 e. The number of allylic oxidation sites excluding steroid dienone is 1. The number of rotatable bonds is 6. The zero-order chi connectivity index (χ0) is 24.2. The second-order valence-corrected chi connectivity index (χ2v) is 8.98. The topological polar surface area (TPSA) is 35.6 Å². The van der Waals surface area contributed by atoms with E-state index in [1.54, 1.807) is 0 Å². The Morgan fingerprint density at radius 1 is 0.941 bits per heavy atom. The van der Waals surface area contributed by atoms with Crippen LogP contribution in [0.1, 0.15) is 32.4 Å². The van der Waals surface area contributed by atoms with Crippen molar-refractivity contribution in [3.05, 3.63) is 101 Å². The first-order valence-corrected chi connectivity index (χ1v) is 12.2. The molecule has 6 heteroatoms. The summed E-state index contributed by atoms with van der Waals surface area (Å²) in [4.78, 5) is 17.5. The maximum atomic E-state index is 13.7. The fourth-order valence-corrected chi connectivity index (χ4v) is 4.84. The number of nitrogens with zero attached hydrogens (tertiary/aromatic N) is 2. The van der Waals surface area contributed by atoms with E-state index in [1.807, 2.05) is 73.0 Å². The minimum atomic E-state index is -0.339. The summed E-state index contributed by atoms with van der Waals surface area (Å²) < 4.78 is 0. The summed E-state index contributed by atoms with van der Waals surface area (Å²) in [6.45, 7) is 7.23. The highest BCUT2D eigenvalue weighted by Gasteiger charge is 2.36. The Labute approximate surface area is 211 Å². The Balaban J connectivity index is 1.79. The van der Waals surface area contributed by atoms with Gasteiger partial charge in [0.2, 0.25) is 0 Å². The summed E-state index contributed by atoms with van der Waals surface area (Å²) in [7, 11) is 0. The molecule has 1 aliphatic heterocycles. The molecule has 174 valence electrons. The lowest BCUT2D eigenvalue weighted by molar-refractivity contribution is -0.127. The average molecular weight is 490 g/mol. The SMILES string of the molecule is CCN(CC)C(=O)C1=C(C)N(c2ccc(Cl)cc2)C(=S)N[C@H]1c1ccc(-c2ccccc2)cc1. The number of nitrogens with one attached hydrogen (secondary N) is 1. The summed E-state index contributed by atoms with van der Waals surface area (Å²) in [6, 6.07) is 25.7. The monoisotopic (exact) mass is 489 g/mol. The Morgan fingerprint density at radius 3 is 2.12 bits per heavy atom. The van der Waals surface area contributed by atoms with Crippen molar-refractivity contribution < 1.29 is 4.79 Å². The minimum Gasteiger partial charge on any atom is -0.351 e. The first kappa shape index (κ1) is 24.0. The van der Waals surface area contributed by atoms with Crippen LogP contribution in [0.3, 0.4) is 0 Å². The quantitative estimate of drug-likeness (QED) is 0.396. The largest absolute Gasteiger partial charge is 0.351 e. The molecule has 0 saturated heterocycles. The maximum absolute atomic E-state index is 13.7. The van der Waals surface area contributed by atoms with Crippen molar-refractivity contribution in [1.82, 2.24) is 10.2 Å². The van der Waals surface area contributed by atoms with Crippen LogP contribution in [-0.2, 0) is 4.79 Å². The zero-order valence-electron chi connectivity index (χ0n) is 19.6. The van der Waals surface area contributed by atoms with E-state index >= 15 is 0 Å². The van der Waals surface area contributed by atoms with Gasteiger partial charge in [-0.3, -0.25) is 9.69 Å². The Bertz CT molecular complexity index is 1200. The molecule has 0 aromatic heterocycles. The fourth-order valence-electron chi connectivity index (χ4n) is 4.35. The molecule has 3 aromatic carbocycles. The molecular formula is C28H28ClN3OS. The molecule has 0 fully saturated rings. The number of amides is 1. The molecule has 4 nitrogen and oxygen atoms in total. The van der Waals surface area contributed by atoms with Crippen LogP contribution in [0.25, 0.3) is 11.1 Å². The number of likely N-dealkylation sites (N-methyl/N-ethyl adjacent to an activating group) is 1. The predicted octanol–water partition coefficient (Wildman–Crippen LogP) is 6.59. The van der Waals surface area contributed by atoms with Crippen molar-refractivity contribution in [1.29, 1.82) is 0 Å². The first-order valence-electron chi connectivity index (χ1n) is 11.5. The van der Waals surface area contributed by atoms with Gasteiger partial charge in [-0.1, -0.05) is 66.2 Å². The lowest BCUT2D eigenvalue weighted by Gasteiger charge is -2.39. The van der Waals surface area contributed by atoms with Crippen LogP contribution in [0.2, 0.25) is 5.02 Å². The van der Waals surface area contributed by atoms with Gasteiger partial charge in [-0.25, -0.2) is 0 Å². The first-order chi connectivity index (χ1) is 16.4. The number of hydrogen-bond acceptors (Lipinski definition) is 2. The molecule has 3 aromatic rings. The van der Waals surface area contributed by atoms with E-state index in [1.165, 1.54) is 0 Å². The average Bonchev–Trinajstić information content (AvgIpc) is 2.86. The normalized spacial score (nSPS) is 15.8. The molecule has 0 unspecified atom stereocenters. The van der Waals surface area contributed by atoms with Gasteiger partial charge in [0.1, 0.15) is 0 Å². The summed E-state index contributed by atoms with van der Waals surface area (Å²) in [5.41, 5.74) is 5.65. The molecule has 0 spiro atoms. The number of hydrogen-bond donors (Lipinski definition) is 1. The van der Waals surface area contributed by atoms with Crippen LogP contribution in [0.5, 0.6) is 0 Å². The number of carbonyl (C=O) groups is 1. The molecule has 1 aliphatic rings. The van der Waals surface area contributed by atoms with Crippen molar-refractivity contribution in [2.75, 3.05) is 18.0 Å². The van der Waals surface area contributed by atoms with Gasteiger partial charge in [0.05, 0.1) is 11.6 Å². The number of benzene rings is 3. The zero-order valence-corrected chi connectivity index (χ0v) is 21.2. The predicted molar refractivity (Wildman–Crippen MR) is 145 cm³/mol. The van der Waals surface area contributed by atoms with Crippen molar-refractivity contribution in [3.8, 4) is 11.1 Å². The molecule has 1 atom stereocenters. The van der Waals surface area contributed by atoms with E-state index in [9.17, 15) is 4.79 Å². The van der Waals surface area contributed by atoms with E-state index in [0.29, 0.717) is 28.8 Å². The highest BCUT2D eigenvalue weighted by atomic mass is 35.5. The summed E-state index contributed by atoms with van der Waals surface area (Å²) in [5, 5.41) is 4.64. The van der Waals surface area contributed by atoms with E-state index in [4.69, 9.17) is 23.8 Å². The van der Waals surface area contributed by atoms with Gasteiger partial charge >= 0.3 is 0 Å². The molecule has 4 rings (SSSR count). The summed E-state index contributed by atoms with van der Waals surface area (Å²) >= 11 is 11.9. The third-order valence-corrected chi connectivity index (χ3v) is 6.75. The third-order valence-electron chi connectivity index (χ3n) is 6.20. The van der Waals surface area contributed by atoms with Gasteiger partial charge < -0.3 is 10.2 Å². The smallest absolute Gasteiger partial charge is 0.253 e. The minimum absolute atomic E-state index is 0.00796. The van der Waals surface area contributed by atoms with Crippen LogP contribution in [-0.4, -0.2) is 29.0 Å². The van der Waals surface area contributed by atoms with Crippen molar-refractivity contribution in [2.45, 2.75) is 26.8 Å². The van der Waals surface area contributed by atoms with E-state index < -0.39 is 0 Å². The van der Waals surface area contributed by atoms with Gasteiger partial charge in [0, 0.05) is 29.5 Å². The molecule has 0 aliphatic carbocycles. The van der Waals surface area contributed by atoms with Crippen molar-refractivity contribution in [2.24, 2.45) is 0 Å². The molecule has 0 saturated carbocycles. The van der Waals surface area contributed by atoms with Gasteiger partial charge in [0.25, 0.3) is 5.91 Å². The highest BCUT2D eigenvalue weighted by molar-refractivity contribution is 7.80. The van der Waals surface area contributed by atoms with Crippen LogP contribution in [0, 0.1) is 0 Å². The summed E-state index contributed by atoms with van der Waals surface area (Å²) in [5.74, 6) is 0.00796. The third kappa shape index (κ3) is 4.72. The Kier molecular flexibility index (Phi) is 7.35. The molecule has 0 bridgehead atoms. The lowest BCUT2D eigenvalue weighted by atomic mass is 9.92. The van der Waals surface area contributed by atoms with Crippen LogP contribution >= 0.6 is 23.8 Å². The Hall–Kier alpha value is -3.15. The molecule has 1 heterocycles. The fraction of sp³-hybridized carbons (Fsp3) is 0.214. The number of halogens is 1. The molecule has 1 N–H and O–H groups in total. The van der Waals surface area contributed by atoms with Crippen molar-refractivity contribution in [3.63, 3.8) is 0 Å². The van der Waals surface area contributed by atoms with Crippen molar-refractivity contribution >= 4 is 40.5 Å². The van der Waals surface area contributed by atoms with Crippen LogP contribution in [0.4, 0.5) is 5.69 Å². The number of thiocarbonyl (C=S) groups is 1. The Morgan fingerprint density at radius 2 is 1.53 bits per heavy atom. The van der Waals surface area contributed by atoms with E-state index in [2.05, 4.69) is 41.7 Å². The number of carbonyl (C=O) groups excluding carboxylic acids is 1.